The van der Waals surface area contributed by atoms with Gasteiger partial charge in [-0.1, -0.05) is 0 Å². The van der Waals surface area contributed by atoms with Gasteiger partial charge in [-0.05, 0) is 32.5 Å². The first kappa shape index (κ1) is 5.69. The Morgan fingerprint density at radius 3 is 2.89 bits per heavy atom. The van der Waals surface area contributed by atoms with Crippen molar-refractivity contribution < 1.29 is 0 Å². The lowest BCUT2D eigenvalue weighted by Crippen LogP contribution is -2.61. The molecule has 0 bridgehead atoms. The predicted molar refractivity (Wildman–Crippen MR) is 37.4 cm³/mol. The van der Waals surface area contributed by atoms with Crippen LogP contribution in [0, 0.1) is 5.92 Å². The summed E-state index contributed by atoms with van der Waals surface area (Å²) in [5.41, 5.74) is 0. The van der Waals surface area contributed by atoms with Gasteiger partial charge in [0.1, 0.15) is 0 Å². The van der Waals surface area contributed by atoms with Crippen LogP contribution in [0.5, 0.6) is 0 Å². The van der Waals surface area contributed by atoms with Crippen LogP contribution in [0.15, 0.2) is 0 Å². The number of rotatable bonds is 0. The Morgan fingerprint density at radius 2 is 2.44 bits per heavy atom. The van der Waals surface area contributed by atoms with E-state index in [4.69, 9.17) is 0 Å². The lowest BCUT2D eigenvalue weighted by Gasteiger charge is -2.45. The molecular weight excluding hydrogens is 112 g/mol. The summed E-state index contributed by atoms with van der Waals surface area (Å²) in [6.45, 7) is 3.85. The van der Waals surface area contributed by atoms with E-state index < -0.39 is 0 Å². The molecule has 0 aromatic carbocycles. The molecule has 2 rings (SSSR count). The molecule has 2 atom stereocenters. The summed E-state index contributed by atoms with van der Waals surface area (Å²) >= 11 is 0. The largest absolute Gasteiger partial charge is 0.312 e. The molecule has 0 saturated carbocycles. The van der Waals surface area contributed by atoms with Gasteiger partial charge < -0.3 is 10.2 Å². The number of likely N-dealkylation sites (N-methyl/N-ethyl adjacent to an activating group) is 1. The molecule has 2 nitrogen and oxygen atoms in total. The van der Waals surface area contributed by atoms with E-state index in [2.05, 4.69) is 17.3 Å². The van der Waals surface area contributed by atoms with E-state index in [0.717, 1.165) is 12.0 Å². The normalized spacial score (nSPS) is 43.7. The van der Waals surface area contributed by atoms with Gasteiger partial charge in [0, 0.05) is 12.6 Å². The zero-order chi connectivity index (χ0) is 6.27. The molecule has 0 unspecified atom stereocenters. The van der Waals surface area contributed by atoms with Crippen LogP contribution in [0.1, 0.15) is 6.42 Å². The third-order valence-corrected chi connectivity index (χ3v) is 2.60. The van der Waals surface area contributed by atoms with E-state index >= 15 is 0 Å². The van der Waals surface area contributed by atoms with E-state index in [1.807, 2.05) is 0 Å². The Kier molecular flexibility index (Phi) is 1.24. The van der Waals surface area contributed by atoms with Crippen LogP contribution in [-0.4, -0.2) is 37.6 Å². The third-order valence-electron chi connectivity index (χ3n) is 2.60. The number of hydrogen-bond acceptors (Lipinski definition) is 2. The Balaban J connectivity index is 1.92. The van der Waals surface area contributed by atoms with Gasteiger partial charge in [0.05, 0.1) is 0 Å². The molecule has 2 fully saturated rings. The van der Waals surface area contributed by atoms with Crippen LogP contribution >= 0.6 is 0 Å². The van der Waals surface area contributed by atoms with E-state index in [1.54, 1.807) is 0 Å². The molecule has 9 heavy (non-hydrogen) atoms. The minimum absolute atomic E-state index is 0.837. The summed E-state index contributed by atoms with van der Waals surface area (Å²) in [6.07, 6.45) is 1.41. The Labute approximate surface area is 56.2 Å². The maximum absolute atomic E-state index is 3.44. The molecule has 0 spiro atoms. The molecule has 1 N–H and O–H groups in total. The second-order valence-electron chi connectivity index (χ2n) is 3.33. The van der Waals surface area contributed by atoms with E-state index in [-0.39, 0.29) is 0 Å². The number of fused-ring (bicyclic) bond motifs is 1. The fourth-order valence-corrected chi connectivity index (χ4v) is 1.78. The molecule has 2 aliphatic heterocycles. The van der Waals surface area contributed by atoms with Crippen LogP contribution in [0.2, 0.25) is 0 Å². The molecule has 2 heterocycles. The number of nitrogens with one attached hydrogen (secondary N) is 1. The highest BCUT2D eigenvalue weighted by Gasteiger charge is 2.33. The van der Waals surface area contributed by atoms with Gasteiger partial charge in [-0.25, -0.2) is 0 Å². The number of nitrogens with zero attached hydrogens (tertiary/aromatic N) is 1. The standard InChI is InChI=1S/C7H14N2/c1-9-3-2-6-4-8-7(6)5-9/h6-8H,2-5H2,1H3/t6-,7+/m1/s1. The average molecular weight is 126 g/mol. The smallest absolute Gasteiger partial charge is 0.0235 e. The van der Waals surface area contributed by atoms with Crippen molar-refractivity contribution in [2.24, 2.45) is 5.92 Å². The van der Waals surface area contributed by atoms with Gasteiger partial charge in [-0.15, -0.1) is 0 Å². The first-order valence-electron chi connectivity index (χ1n) is 3.78. The summed E-state index contributed by atoms with van der Waals surface area (Å²) < 4.78 is 0. The highest BCUT2D eigenvalue weighted by molar-refractivity contribution is 4.93. The molecule has 0 aromatic heterocycles. The minimum Gasteiger partial charge on any atom is -0.312 e. The lowest BCUT2D eigenvalue weighted by atomic mass is 9.85. The molecule has 2 aliphatic rings. The second kappa shape index (κ2) is 1.96. The molecule has 52 valence electrons. The monoisotopic (exact) mass is 126 g/mol. The van der Waals surface area contributed by atoms with E-state index in [9.17, 15) is 0 Å². The number of piperidine rings is 1. The fraction of sp³-hybridized carbons (Fsp3) is 1.00. The summed E-state index contributed by atoms with van der Waals surface area (Å²) in [4.78, 5) is 2.41. The first-order chi connectivity index (χ1) is 4.36. The van der Waals surface area contributed by atoms with Crippen molar-refractivity contribution in [2.75, 3.05) is 26.7 Å². The zero-order valence-electron chi connectivity index (χ0n) is 5.93. The molecule has 0 amide bonds. The highest BCUT2D eigenvalue weighted by atomic mass is 15.2. The Bertz CT molecular complexity index is 113. The molecule has 0 radical (unpaired) electrons. The topological polar surface area (TPSA) is 15.3 Å². The van der Waals surface area contributed by atoms with Gasteiger partial charge in [0.15, 0.2) is 0 Å². The lowest BCUT2D eigenvalue weighted by molar-refractivity contribution is 0.103. The Morgan fingerprint density at radius 1 is 1.56 bits per heavy atom. The van der Waals surface area contributed by atoms with Gasteiger partial charge in [-0.3, -0.25) is 0 Å². The molecule has 0 aliphatic carbocycles. The fourth-order valence-electron chi connectivity index (χ4n) is 1.78. The van der Waals surface area contributed by atoms with Crippen molar-refractivity contribution in [1.29, 1.82) is 0 Å². The van der Waals surface area contributed by atoms with Crippen LogP contribution in [0.3, 0.4) is 0 Å². The number of likely N-dealkylation sites (tertiary alicyclic amines) is 1. The highest BCUT2D eigenvalue weighted by Crippen LogP contribution is 2.22. The number of hydrogen-bond donors (Lipinski definition) is 1. The summed E-state index contributed by atoms with van der Waals surface area (Å²) in [5.74, 6) is 1.01. The maximum Gasteiger partial charge on any atom is 0.0235 e. The molecule has 2 heteroatoms. The maximum atomic E-state index is 3.44. The van der Waals surface area contributed by atoms with E-state index in [1.165, 1.54) is 26.1 Å². The third kappa shape index (κ3) is 0.864. The van der Waals surface area contributed by atoms with Crippen molar-refractivity contribution in [2.45, 2.75) is 12.5 Å². The van der Waals surface area contributed by atoms with Crippen LogP contribution < -0.4 is 5.32 Å². The first-order valence-corrected chi connectivity index (χ1v) is 3.78. The molecular formula is C7H14N2. The second-order valence-corrected chi connectivity index (χ2v) is 3.33. The van der Waals surface area contributed by atoms with Crippen LogP contribution in [0.25, 0.3) is 0 Å². The predicted octanol–water partition coefficient (Wildman–Crippen LogP) is -0.0901. The van der Waals surface area contributed by atoms with Gasteiger partial charge >= 0.3 is 0 Å². The van der Waals surface area contributed by atoms with E-state index in [0.29, 0.717) is 0 Å². The van der Waals surface area contributed by atoms with Gasteiger partial charge in [0.25, 0.3) is 0 Å². The quantitative estimate of drug-likeness (QED) is 0.488. The van der Waals surface area contributed by atoms with Gasteiger partial charge in [0.2, 0.25) is 0 Å². The molecule has 2 saturated heterocycles. The van der Waals surface area contributed by atoms with Crippen molar-refractivity contribution in [3.05, 3.63) is 0 Å². The SMILES string of the molecule is CN1CC[C@@H]2CN[C@H]2C1. The van der Waals surface area contributed by atoms with Crippen molar-refractivity contribution in [3.8, 4) is 0 Å². The molecule has 0 aromatic rings. The summed E-state index contributed by atoms with van der Waals surface area (Å²) in [6, 6.07) is 0.837. The Hall–Kier alpha value is -0.0800. The van der Waals surface area contributed by atoms with Crippen molar-refractivity contribution in [1.82, 2.24) is 10.2 Å². The summed E-state index contributed by atoms with van der Waals surface area (Å²) in [7, 11) is 2.20. The van der Waals surface area contributed by atoms with Crippen LogP contribution in [0.4, 0.5) is 0 Å². The zero-order valence-corrected chi connectivity index (χ0v) is 5.93. The minimum atomic E-state index is 0.837. The summed E-state index contributed by atoms with van der Waals surface area (Å²) in [5, 5.41) is 3.44. The van der Waals surface area contributed by atoms with Gasteiger partial charge in [-0.2, -0.15) is 0 Å². The van der Waals surface area contributed by atoms with Crippen molar-refractivity contribution >= 4 is 0 Å². The average Bonchev–Trinajstić information content (AvgIpc) is 1.78. The van der Waals surface area contributed by atoms with Crippen LogP contribution in [-0.2, 0) is 0 Å². The van der Waals surface area contributed by atoms with Crippen molar-refractivity contribution in [3.63, 3.8) is 0 Å².